The van der Waals surface area contributed by atoms with Crippen molar-refractivity contribution in [2.45, 2.75) is 0 Å². The molecule has 0 atom stereocenters. The lowest BCUT2D eigenvalue weighted by Gasteiger charge is -2.04. The van der Waals surface area contributed by atoms with E-state index in [-0.39, 0.29) is 17.1 Å². The van der Waals surface area contributed by atoms with Crippen LogP contribution in [-0.4, -0.2) is 15.2 Å². The second kappa shape index (κ2) is 3.49. The molecule has 4 N–H and O–H groups in total. The van der Waals surface area contributed by atoms with Crippen molar-refractivity contribution in [1.29, 1.82) is 0 Å². The van der Waals surface area contributed by atoms with E-state index < -0.39 is 5.82 Å². The van der Waals surface area contributed by atoms with Crippen LogP contribution in [0.3, 0.4) is 0 Å². The van der Waals surface area contributed by atoms with Gasteiger partial charge in [0.2, 0.25) is 0 Å². The first-order valence-corrected chi connectivity index (χ1v) is 4.17. The molecule has 0 aliphatic carbocycles. The minimum Gasteiger partial charge on any atom is -0.399 e. The van der Waals surface area contributed by atoms with Gasteiger partial charge in [-0.3, -0.25) is 0 Å². The van der Waals surface area contributed by atoms with Crippen molar-refractivity contribution >= 4 is 11.4 Å². The van der Waals surface area contributed by atoms with Crippen molar-refractivity contribution in [3.8, 4) is 11.4 Å². The number of hydrogen-bond acceptors (Lipinski definition) is 5. The van der Waals surface area contributed by atoms with Crippen LogP contribution in [0, 0.1) is 5.82 Å². The van der Waals surface area contributed by atoms with Crippen LogP contribution < -0.4 is 11.5 Å². The number of hydrogen-bond donors (Lipinski definition) is 2. The Kier molecular flexibility index (Phi) is 2.17. The van der Waals surface area contributed by atoms with E-state index in [0.29, 0.717) is 5.69 Å². The van der Waals surface area contributed by atoms with Crippen LogP contribution in [0.4, 0.5) is 15.8 Å². The summed E-state index contributed by atoms with van der Waals surface area (Å²) in [5.74, 6) is -0.425. The van der Waals surface area contributed by atoms with Gasteiger partial charge in [-0.05, 0) is 12.1 Å². The fourth-order valence-corrected chi connectivity index (χ4v) is 1.20. The Bertz CT molecular complexity index is 485. The molecule has 0 amide bonds. The summed E-state index contributed by atoms with van der Waals surface area (Å²) in [4.78, 5) is 3.87. The Balaban J connectivity index is 2.63. The van der Waals surface area contributed by atoms with Crippen LogP contribution in [0.25, 0.3) is 11.4 Å². The van der Waals surface area contributed by atoms with Gasteiger partial charge in [-0.25, -0.2) is 9.37 Å². The topological polar surface area (TPSA) is 90.7 Å². The van der Waals surface area contributed by atoms with Crippen LogP contribution in [0.15, 0.2) is 24.5 Å². The second-order valence-electron chi connectivity index (χ2n) is 2.94. The van der Waals surface area contributed by atoms with Crippen LogP contribution in [0.5, 0.6) is 0 Å². The molecule has 2 aromatic rings. The number of nitrogen functional groups attached to an aromatic ring is 2. The van der Waals surface area contributed by atoms with Gasteiger partial charge in [-0.2, -0.15) is 5.10 Å². The lowest BCUT2D eigenvalue weighted by Crippen LogP contribution is -1.99. The van der Waals surface area contributed by atoms with Gasteiger partial charge in [0.05, 0.1) is 17.4 Å². The lowest BCUT2D eigenvalue weighted by atomic mass is 10.1. The highest BCUT2D eigenvalue weighted by Gasteiger charge is 2.11. The third kappa shape index (κ3) is 1.69. The zero-order valence-electron chi connectivity index (χ0n) is 7.68. The third-order valence-electron chi connectivity index (χ3n) is 1.85. The van der Waals surface area contributed by atoms with Gasteiger partial charge in [-0.15, -0.1) is 5.10 Å². The molecule has 0 aliphatic heterocycles. The minimum absolute atomic E-state index is 0.0301. The molecule has 0 fully saturated rings. The Morgan fingerprint density at radius 2 is 1.93 bits per heavy atom. The Labute approximate surface area is 85.0 Å². The van der Waals surface area contributed by atoms with Gasteiger partial charge >= 0.3 is 0 Å². The Morgan fingerprint density at radius 1 is 1.13 bits per heavy atom. The second-order valence-corrected chi connectivity index (χ2v) is 2.94. The third-order valence-corrected chi connectivity index (χ3v) is 1.85. The largest absolute Gasteiger partial charge is 0.399 e. The molecule has 6 heteroatoms. The molecule has 5 nitrogen and oxygen atoms in total. The van der Waals surface area contributed by atoms with Crippen LogP contribution in [-0.2, 0) is 0 Å². The molecular formula is C9H8FN5. The quantitative estimate of drug-likeness (QED) is 0.673. The fraction of sp³-hybridized carbons (Fsp3) is 0. The summed E-state index contributed by atoms with van der Waals surface area (Å²) in [7, 11) is 0. The smallest absolute Gasteiger partial charge is 0.184 e. The first-order valence-electron chi connectivity index (χ1n) is 4.17. The maximum absolute atomic E-state index is 13.6. The summed E-state index contributed by atoms with van der Waals surface area (Å²) in [6.07, 6.45) is 2.82. The summed E-state index contributed by atoms with van der Waals surface area (Å²) in [5, 5.41) is 7.28. The Morgan fingerprint density at radius 3 is 2.60 bits per heavy atom. The number of halogens is 1. The molecule has 1 heterocycles. The van der Waals surface area contributed by atoms with E-state index in [1.165, 1.54) is 24.5 Å². The van der Waals surface area contributed by atoms with E-state index in [1.54, 1.807) is 0 Å². The number of nitrogens with zero attached hydrogens (tertiary/aromatic N) is 3. The maximum Gasteiger partial charge on any atom is 0.184 e. The highest BCUT2D eigenvalue weighted by molar-refractivity contribution is 5.68. The van der Waals surface area contributed by atoms with E-state index in [4.69, 9.17) is 11.5 Å². The molecule has 0 spiro atoms. The van der Waals surface area contributed by atoms with Crippen molar-refractivity contribution in [2.75, 3.05) is 11.5 Å². The molecule has 2 rings (SSSR count). The number of benzene rings is 1. The molecule has 1 aromatic carbocycles. The molecule has 0 saturated heterocycles. The highest BCUT2D eigenvalue weighted by Crippen LogP contribution is 2.25. The van der Waals surface area contributed by atoms with Gasteiger partial charge in [0, 0.05) is 11.9 Å². The molecule has 76 valence electrons. The molecule has 0 radical (unpaired) electrons. The average Bonchev–Trinajstić information content (AvgIpc) is 2.24. The van der Waals surface area contributed by atoms with Gasteiger partial charge in [-0.1, -0.05) is 0 Å². The van der Waals surface area contributed by atoms with E-state index in [2.05, 4.69) is 15.2 Å². The zero-order chi connectivity index (χ0) is 10.8. The van der Waals surface area contributed by atoms with Crippen LogP contribution >= 0.6 is 0 Å². The van der Waals surface area contributed by atoms with Crippen molar-refractivity contribution in [3.05, 3.63) is 30.3 Å². The molecular weight excluding hydrogens is 197 g/mol. The maximum atomic E-state index is 13.6. The van der Waals surface area contributed by atoms with E-state index in [1.807, 2.05) is 0 Å². The molecule has 0 unspecified atom stereocenters. The minimum atomic E-state index is -0.586. The van der Waals surface area contributed by atoms with Crippen molar-refractivity contribution in [2.24, 2.45) is 0 Å². The van der Waals surface area contributed by atoms with Gasteiger partial charge in [0.15, 0.2) is 11.6 Å². The highest BCUT2D eigenvalue weighted by atomic mass is 19.1. The molecule has 0 saturated carbocycles. The van der Waals surface area contributed by atoms with E-state index in [0.717, 1.165) is 0 Å². The summed E-state index contributed by atoms with van der Waals surface area (Å²) < 4.78 is 13.6. The number of anilines is 2. The molecule has 0 aliphatic rings. The van der Waals surface area contributed by atoms with E-state index >= 15 is 0 Å². The summed E-state index contributed by atoms with van der Waals surface area (Å²) in [6.45, 7) is 0. The standard InChI is InChI=1S/C9H8FN5/c10-8-6(3-5(11)4-7(8)12)9-13-1-2-14-15-9/h1-4H,11-12H2. The molecule has 1 aromatic heterocycles. The first-order chi connectivity index (χ1) is 7.18. The predicted octanol–water partition coefficient (Wildman–Crippen LogP) is 0.842. The Hall–Kier alpha value is -2.24. The summed E-state index contributed by atoms with van der Waals surface area (Å²) >= 11 is 0. The normalized spacial score (nSPS) is 10.2. The van der Waals surface area contributed by atoms with Crippen molar-refractivity contribution in [3.63, 3.8) is 0 Å². The van der Waals surface area contributed by atoms with Crippen molar-refractivity contribution < 1.29 is 4.39 Å². The average molecular weight is 205 g/mol. The zero-order valence-corrected chi connectivity index (χ0v) is 7.68. The predicted molar refractivity (Wildman–Crippen MR) is 54.0 cm³/mol. The number of rotatable bonds is 1. The van der Waals surface area contributed by atoms with Gasteiger partial charge in [0.1, 0.15) is 0 Å². The van der Waals surface area contributed by atoms with Crippen LogP contribution in [0.1, 0.15) is 0 Å². The summed E-state index contributed by atoms with van der Waals surface area (Å²) in [5.41, 5.74) is 11.5. The van der Waals surface area contributed by atoms with Gasteiger partial charge < -0.3 is 11.5 Å². The first kappa shape index (κ1) is 9.32. The van der Waals surface area contributed by atoms with Crippen LogP contribution in [0.2, 0.25) is 0 Å². The SMILES string of the molecule is Nc1cc(N)c(F)c(-c2nccnn2)c1. The molecule has 15 heavy (non-hydrogen) atoms. The number of nitrogens with two attached hydrogens (primary N) is 2. The van der Waals surface area contributed by atoms with Crippen molar-refractivity contribution in [1.82, 2.24) is 15.2 Å². The van der Waals surface area contributed by atoms with Gasteiger partial charge in [0.25, 0.3) is 0 Å². The molecule has 0 bridgehead atoms. The van der Waals surface area contributed by atoms with E-state index in [9.17, 15) is 4.39 Å². The number of aromatic nitrogens is 3. The monoisotopic (exact) mass is 205 g/mol. The lowest BCUT2D eigenvalue weighted by molar-refractivity contribution is 0.634. The summed E-state index contributed by atoms with van der Waals surface area (Å²) in [6, 6.07) is 2.76. The fourth-order valence-electron chi connectivity index (χ4n) is 1.20.